The van der Waals surface area contributed by atoms with Gasteiger partial charge < -0.3 is 14.6 Å². The van der Waals surface area contributed by atoms with Crippen LogP contribution in [0.4, 0.5) is 23.7 Å². The van der Waals surface area contributed by atoms with Gasteiger partial charge in [0.05, 0.1) is 7.11 Å². The summed E-state index contributed by atoms with van der Waals surface area (Å²) in [7, 11) is 0.731. The Morgan fingerprint density at radius 1 is 1.00 bits per heavy atom. The number of hydrogen-bond donors (Lipinski definition) is 2. The average Bonchev–Trinajstić information content (AvgIpc) is 2.60. The number of carbonyl (C=O) groups excluding carboxylic acids is 2. The van der Waals surface area contributed by atoms with Crippen molar-refractivity contribution >= 4 is 17.7 Å². The van der Waals surface area contributed by atoms with E-state index in [-0.39, 0.29) is 11.4 Å². The van der Waals surface area contributed by atoms with Crippen molar-refractivity contribution in [3.05, 3.63) is 60.2 Å². The molecule has 138 valence electrons. The lowest BCUT2D eigenvalue weighted by molar-refractivity contribution is -0.266. The van der Waals surface area contributed by atoms with Gasteiger partial charge in [-0.15, -0.1) is 0 Å². The molecule has 9 heteroatoms. The molecule has 0 aliphatic heterocycles. The molecule has 2 N–H and O–H groups in total. The summed E-state index contributed by atoms with van der Waals surface area (Å²) in [5.74, 6) is -1.59. The largest absolute Gasteiger partial charge is 0.466 e. The third-order valence-corrected chi connectivity index (χ3v) is 3.39. The second kappa shape index (κ2) is 7.44. The van der Waals surface area contributed by atoms with E-state index >= 15 is 0 Å². The number of anilines is 1. The summed E-state index contributed by atoms with van der Waals surface area (Å²) >= 11 is 0. The molecule has 2 aromatic rings. The van der Waals surface area contributed by atoms with Crippen molar-refractivity contribution in [3.8, 4) is 5.75 Å². The van der Waals surface area contributed by atoms with E-state index in [9.17, 15) is 27.9 Å². The van der Waals surface area contributed by atoms with Crippen molar-refractivity contribution in [1.29, 1.82) is 0 Å². The maximum absolute atomic E-state index is 13.1. The monoisotopic (exact) mass is 369 g/mol. The minimum atomic E-state index is -5.29. The second-order valence-electron chi connectivity index (χ2n) is 5.10. The van der Waals surface area contributed by atoms with Crippen molar-refractivity contribution in [2.24, 2.45) is 0 Å². The third kappa shape index (κ3) is 3.94. The summed E-state index contributed by atoms with van der Waals surface area (Å²) < 4.78 is 48.5. The quantitative estimate of drug-likeness (QED) is 0.809. The molecule has 2 aromatic carbocycles. The standard InChI is InChI=1S/C17H14F3NO5/c1-25-14(22)16(24,17(18,19)20)11-7-9-12(10-8-11)21-15(23)26-13-5-3-2-4-6-13/h2-10,24H,1H3,(H,21,23)/t16-/m1/s1. The average molecular weight is 369 g/mol. The van der Waals surface area contributed by atoms with Crippen LogP contribution in [0.1, 0.15) is 5.56 Å². The number of benzene rings is 2. The van der Waals surface area contributed by atoms with Crippen molar-refractivity contribution in [2.45, 2.75) is 11.8 Å². The second-order valence-corrected chi connectivity index (χ2v) is 5.10. The van der Waals surface area contributed by atoms with Crippen molar-refractivity contribution < 1.29 is 37.3 Å². The smallest absolute Gasteiger partial charge is 0.432 e. The number of nitrogens with one attached hydrogen (secondary N) is 1. The highest BCUT2D eigenvalue weighted by Gasteiger charge is 2.62. The summed E-state index contributed by atoms with van der Waals surface area (Å²) in [5.41, 5.74) is -4.46. The van der Waals surface area contributed by atoms with E-state index < -0.39 is 29.4 Å². The van der Waals surface area contributed by atoms with Gasteiger partial charge in [-0.05, 0) is 24.3 Å². The minimum absolute atomic E-state index is 0.101. The number of hydrogen-bond acceptors (Lipinski definition) is 5. The van der Waals surface area contributed by atoms with E-state index in [2.05, 4.69) is 10.1 Å². The molecule has 0 fully saturated rings. The first-order valence-corrected chi connectivity index (χ1v) is 7.20. The molecule has 0 saturated heterocycles. The first kappa shape index (κ1) is 19.3. The summed E-state index contributed by atoms with van der Waals surface area (Å²) in [6.45, 7) is 0. The number of alkyl halides is 3. The highest BCUT2D eigenvalue weighted by atomic mass is 19.4. The van der Waals surface area contributed by atoms with Gasteiger partial charge in [0, 0.05) is 11.3 Å². The van der Waals surface area contributed by atoms with Crippen LogP contribution in [0.25, 0.3) is 0 Å². The van der Waals surface area contributed by atoms with Gasteiger partial charge in [0.2, 0.25) is 0 Å². The topological polar surface area (TPSA) is 84.9 Å². The van der Waals surface area contributed by atoms with Crippen LogP contribution in [0.5, 0.6) is 5.75 Å². The van der Waals surface area contributed by atoms with Gasteiger partial charge in [-0.25, -0.2) is 9.59 Å². The zero-order valence-electron chi connectivity index (χ0n) is 13.4. The van der Waals surface area contributed by atoms with E-state index in [0.717, 1.165) is 31.4 Å². The number of esters is 1. The van der Waals surface area contributed by atoms with Gasteiger partial charge in [0.25, 0.3) is 5.60 Å². The molecule has 2 rings (SSSR count). The number of rotatable bonds is 4. The zero-order chi connectivity index (χ0) is 19.4. The molecular formula is C17H14F3NO5. The van der Waals surface area contributed by atoms with Crippen LogP contribution in [0.15, 0.2) is 54.6 Å². The normalized spacial score (nSPS) is 13.4. The van der Waals surface area contributed by atoms with Crippen LogP contribution in [0.3, 0.4) is 0 Å². The summed E-state index contributed by atoms with van der Waals surface area (Å²) in [4.78, 5) is 23.2. The van der Waals surface area contributed by atoms with E-state index in [1.165, 1.54) is 0 Å². The summed E-state index contributed by atoms with van der Waals surface area (Å²) in [6, 6.07) is 12.0. The van der Waals surface area contributed by atoms with Crippen molar-refractivity contribution in [2.75, 3.05) is 12.4 Å². The highest BCUT2D eigenvalue weighted by Crippen LogP contribution is 2.40. The summed E-state index contributed by atoms with van der Waals surface area (Å²) in [6.07, 6.45) is -6.15. The van der Waals surface area contributed by atoms with Gasteiger partial charge >= 0.3 is 18.2 Å². The number of halogens is 3. The molecule has 0 unspecified atom stereocenters. The fraction of sp³-hybridized carbons (Fsp3) is 0.176. The Hall–Kier alpha value is -3.07. The third-order valence-electron chi connectivity index (χ3n) is 3.39. The first-order valence-electron chi connectivity index (χ1n) is 7.20. The molecule has 6 nitrogen and oxygen atoms in total. The van der Waals surface area contributed by atoms with Gasteiger partial charge in [0.1, 0.15) is 5.75 Å². The van der Waals surface area contributed by atoms with E-state index in [4.69, 9.17) is 4.74 Å². The van der Waals surface area contributed by atoms with Crippen LogP contribution in [-0.2, 0) is 15.1 Å². The summed E-state index contributed by atoms with van der Waals surface area (Å²) in [5, 5.41) is 12.2. The van der Waals surface area contributed by atoms with Crippen LogP contribution in [0.2, 0.25) is 0 Å². The van der Waals surface area contributed by atoms with Gasteiger partial charge in [-0.2, -0.15) is 13.2 Å². The van der Waals surface area contributed by atoms with Crippen molar-refractivity contribution in [1.82, 2.24) is 0 Å². The maximum Gasteiger partial charge on any atom is 0.432 e. The molecule has 0 spiro atoms. The molecule has 0 heterocycles. The molecule has 0 bridgehead atoms. The van der Waals surface area contributed by atoms with E-state index in [1.54, 1.807) is 30.3 Å². The Balaban J connectivity index is 2.16. The number of ether oxygens (including phenoxy) is 2. The number of amides is 1. The van der Waals surface area contributed by atoms with Crippen LogP contribution < -0.4 is 10.1 Å². The number of carbonyl (C=O) groups is 2. The predicted octanol–water partition coefficient (Wildman–Crippen LogP) is 3.22. The molecule has 0 radical (unpaired) electrons. The van der Waals surface area contributed by atoms with Gasteiger partial charge in [0.15, 0.2) is 0 Å². The lowest BCUT2D eigenvalue weighted by Crippen LogP contribution is -2.49. The van der Waals surface area contributed by atoms with Crippen LogP contribution in [0, 0.1) is 0 Å². The van der Waals surface area contributed by atoms with Gasteiger partial charge in [-0.3, -0.25) is 5.32 Å². The van der Waals surface area contributed by atoms with Crippen LogP contribution in [-0.4, -0.2) is 30.5 Å². The fourth-order valence-corrected chi connectivity index (χ4v) is 2.08. The SMILES string of the molecule is COC(=O)[C@](O)(c1ccc(NC(=O)Oc2ccccc2)cc1)C(F)(F)F. The Bertz CT molecular complexity index is 777. The fourth-order valence-electron chi connectivity index (χ4n) is 2.08. The highest BCUT2D eigenvalue weighted by molar-refractivity contribution is 5.87. The maximum atomic E-state index is 13.1. The molecule has 0 aliphatic carbocycles. The number of para-hydroxylation sites is 1. The lowest BCUT2D eigenvalue weighted by atomic mass is 9.93. The lowest BCUT2D eigenvalue weighted by Gasteiger charge is -2.28. The Kier molecular flexibility index (Phi) is 5.51. The molecule has 26 heavy (non-hydrogen) atoms. The first-order chi connectivity index (χ1) is 12.2. The molecule has 1 atom stereocenters. The zero-order valence-corrected chi connectivity index (χ0v) is 13.4. The Labute approximate surface area is 146 Å². The molecule has 1 amide bonds. The Morgan fingerprint density at radius 2 is 1.58 bits per heavy atom. The molecule has 0 saturated carbocycles. The molecule has 0 aromatic heterocycles. The van der Waals surface area contributed by atoms with E-state index in [1.807, 2.05) is 0 Å². The number of aliphatic hydroxyl groups is 1. The van der Waals surface area contributed by atoms with Crippen LogP contribution >= 0.6 is 0 Å². The molecular weight excluding hydrogens is 355 g/mol. The predicted molar refractivity (Wildman–Crippen MR) is 84.5 cm³/mol. The van der Waals surface area contributed by atoms with Crippen molar-refractivity contribution in [3.63, 3.8) is 0 Å². The molecule has 0 aliphatic rings. The number of methoxy groups -OCH3 is 1. The minimum Gasteiger partial charge on any atom is -0.466 e. The Morgan fingerprint density at radius 3 is 2.08 bits per heavy atom. The van der Waals surface area contributed by atoms with Gasteiger partial charge in [-0.1, -0.05) is 30.3 Å². The van der Waals surface area contributed by atoms with E-state index in [0.29, 0.717) is 0 Å².